The molecule has 0 spiro atoms. The minimum absolute atomic E-state index is 0.151. The van der Waals surface area contributed by atoms with Crippen LogP contribution in [0.25, 0.3) is 0 Å². The summed E-state index contributed by atoms with van der Waals surface area (Å²) in [6.07, 6.45) is 1.66. The lowest BCUT2D eigenvalue weighted by Crippen LogP contribution is -2.31. The summed E-state index contributed by atoms with van der Waals surface area (Å²) in [5, 5.41) is 13.3. The highest BCUT2D eigenvalue weighted by Crippen LogP contribution is 2.19. The van der Waals surface area contributed by atoms with E-state index in [9.17, 15) is 5.11 Å². The second-order valence-corrected chi connectivity index (χ2v) is 4.04. The van der Waals surface area contributed by atoms with Crippen molar-refractivity contribution in [1.82, 2.24) is 5.32 Å². The predicted molar refractivity (Wildman–Crippen MR) is 63.9 cm³/mol. The smallest absolute Gasteiger partial charge is 0.0942 e. The molecule has 0 aliphatic carbocycles. The average molecular weight is 207 g/mol. The highest BCUT2D eigenvalue weighted by atomic mass is 16.3. The summed E-state index contributed by atoms with van der Waals surface area (Å²) >= 11 is 0. The summed E-state index contributed by atoms with van der Waals surface area (Å²) < 4.78 is 0. The number of hydrogen-bond acceptors (Lipinski definition) is 2. The van der Waals surface area contributed by atoms with Crippen molar-refractivity contribution in [2.75, 3.05) is 7.05 Å². The molecule has 0 heterocycles. The Balaban J connectivity index is 2.73. The van der Waals surface area contributed by atoms with Crippen molar-refractivity contribution in [3.05, 3.63) is 35.4 Å². The van der Waals surface area contributed by atoms with E-state index in [2.05, 4.69) is 19.2 Å². The molecule has 0 radical (unpaired) electrons. The Morgan fingerprint density at radius 2 is 1.87 bits per heavy atom. The van der Waals surface area contributed by atoms with E-state index in [0.29, 0.717) is 0 Å². The van der Waals surface area contributed by atoms with Crippen LogP contribution >= 0.6 is 0 Å². The van der Waals surface area contributed by atoms with Gasteiger partial charge in [-0.2, -0.15) is 0 Å². The SMILES string of the molecule is CCCC(NC)C(O)c1ccc(C)cc1. The van der Waals surface area contributed by atoms with Crippen molar-refractivity contribution in [1.29, 1.82) is 0 Å². The van der Waals surface area contributed by atoms with E-state index in [1.807, 2.05) is 31.3 Å². The van der Waals surface area contributed by atoms with Crippen LogP contribution in [0.3, 0.4) is 0 Å². The molecule has 0 saturated heterocycles. The Labute approximate surface area is 92.3 Å². The molecule has 0 amide bonds. The molecule has 84 valence electrons. The van der Waals surface area contributed by atoms with Crippen molar-refractivity contribution >= 4 is 0 Å². The van der Waals surface area contributed by atoms with Crippen molar-refractivity contribution < 1.29 is 5.11 Å². The third kappa shape index (κ3) is 3.33. The van der Waals surface area contributed by atoms with Gasteiger partial charge >= 0.3 is 0 Å². The molecule has 1 rings (SSSR count). The number of hydrogen-bond donors (Lipinski definition) is 2. The third-order valence-electron chi connectivity index (χ3n) is 2.77. The summed E-state index contributed by atoms with van der Waals surface area (Å²) in [7, 11) is 1.90. The maximum Gasteiger partial charge on any atom is 0.0942 e. The molecule has 0 fully saturated rings. The maximum absolute atomic E-state index is 10.1. The number of benzene rings is 1. The summed E-state index contributed by atoms with van der Waals surface area (Å²) in [5.41, 5.74) is 2.22. The van der Waals surface area contributed by atoms with Crippen LogP contribution in [-0.2, 0) is 0 Å². The van der Waals surface area contributed by atoms with Crippen LogP contribution in [0.4, 0.5) is 0 Å². The van der Waals surface area contributed by atoms with Crippen LogP contribution < -0.4 is 5.32 Å². The fourth-order valence-electron chi connectivity index (χ4n) is 1.77. The van der Waals surface area contributed by atoms with Gasteiger partial charge in [0.2, 0.25) is 0 Å². The molecule has 2 N–H and O–H groups in total. The first kappa shape index (κ1) is 12.2. The van der Waals surface area contributed by atoms with Gasteiger partial charge in [0.1, 0.15) is 0 Å². The quantitative estimate of drug-likeness (QED) is 0.777. The molecular weight excluding hydrogens is 186 g/mol. The van der Waals surface area contributed by atoms with Gasteiger partial charge in [-0.15, -0.1) is 0 Å². The lowest BCUT2D eigenvalue weighted by Gasteiger charge is -2.22. The molecule has 0 aliphatic rings. The Hall–Kier alpha value is -0.860. The van der Waals surface area contributed by atoms with Gasteiger partial charge in [-0.3, -0.25) is 0 Å². The van der Waals surface area contributed by atoms with Crippen LogP contribution in [0.1, 0.15) is 37.0 Å². The first-order valence-corrected chi connectivity index (χ1v) is 5.61. The topological polar surface area (TPSA) is 32.3 Å². The number of likely N-dealkylation sites (N-methyl/N-ethyl adjacent to an activating group) is 1. The maximum atomic E-state index is 10.1. The number of aliphatic hydroxyl groups excluding tert-OH is 1. The molecule has 0 aliphatic heterocycles. The molecule has 1 aromatic rings. The molecule has 1 aromatic carbocycles. The molecule has 2 atom stereocenters. The van der Waals surface area contributed by atoms with E-state index in [1.54, 1.807) is 0 Å². The molecule has 0 bridgehead atoms. The minimum atomic E-state index is -0.407. The Morgan fingerprint density at radius 1 is 1.27 bits per heavy atom. The first-order valence-electron chi connectivity index (χ1n) is 5.61. The highest BCUT2D eigenvalue weighted by molar-refractivity contribution is 5.24. The molecule has 2 heteroatoms. The lowest BCUT2D eigenvalue weighted by atomic mass is 9.98. The summed E-state index contributed by atoms with van der Waals surface area (Å²) in [6, 6.07) is 8.23. The van der Waals surface area contributed by atoms with Gasteiger partial charge in [0.15, 0.2) is 0 Å². The second-order valence-electron chi connectivity index (χ2n) is 4.04. The predicted octanol–water partition coefficient (Wildman–Crippen LogP) is 2.42. The molecule has 15 heavy (non-hydrogen) atoms. The zero-order valence-electron chi connectivity index (χ0n) is 9.83. The van der Waals surface area contributed by atoms with Gasteiger partial charge in [0.25, 0.3) is 0 Å². The summed E-state index contributed by atoms with van der Waals surface area (Å²) in [6.45, 7) is 4.18. The molecule has 2 nitrogen and oxygen atoms in total. The molecule has 2 unspecified atom stereocenters. The Kier molecular flexibility index (Phi) is 4.79. The van der Waals surface area contributed by atoms with Gasteiger partial charge in [-0.25, -0.2) is 0 Å². The average Bonchev–Trinajstić information content (AvgIpc) is 2.26. The van der Waals surface area contributed by atoms with Crippen molar-refractivity contribution in [2.45, 2.75) is 38.8 Å². The van der Waals surface area contributed by atoms with Gasteiger partial charge < -0.3 is 10.4 Å². The summed E-state index contributed by atoms with van der Waals surface area (Å²) in [4.78, 5) is 0. The van der Waals surface area contributed by atoms with Crippen LogP contribution in [0.2, 0.25) is 0 Å². The number of aryl methyl sites for hydroxylation is 1. The molecular formula is C13H21NO. The standard InChI is InChI=1S/C13H21NO/c1-4-5-12(14-3)13(15)11-8-6-10(2)7-9-11/h6-9,12-15H,4-5H2,1-3H3. The zero-order valence-corrected chi connectivity index (χ0v) is 9.83. The largest absolute Gasteiger partial charge is 0.387 e. The monoisotopic (exact) mass is 207 g/mol. The van der Waals surface area contributed by atoms with Crippen molar-refractivity contribution in [3.8, 4) is 0 Å². The number of nitrogens with one attached hydrogen (secondary N) is 1. The fraction of sp³-hybridized carbons (Fsp3) is 0.538. The van der Waals surface area contributed by atoms with Crippen LogP contribution in [0.5, 0.6) is 0 Å². The van der Waals surface area contributed by atoms with Crippen molar-refractivity contribution in [3.63, 3.8) is 0 Å². The second kappa shape index (κ2) is 5.89. The van der Waals surface area contributed by atoms with E-state index >= 15 is 0 Å². The lowest BCUT2D eigenvalue weighted by molar-refractivity contribution is 0.127. The van der Waals surface area contributed by atoms with Crippen LogP contribution in [0, 0.1) is 6.92 Å². The van der Waals surface area contributed by atoms with E-state index in [-0.39, 0.29) is 6.04 Å². The van der Waals surface area contributed by atoms with E-state index in [0.717, 1.165) is 18.4 Å². The molecule has 0 saturated carbocycles. The van der Waals surface area contributed by atoms with Gasteiger partial charge in [0, 0.05) is 6.04 Å². The van der Waals surface area contributed by atoms with Crippen LogP contribution in [-0.4, -0.2) is 18.2 Å². The number of aliphatic hydroxyl groups is 1. The van der Waals surface area contributed by atoms with E-state index in [4.69, 9.17) is 0 Å². The van der Waals surface area contributed by atoms with E-state index in [1.165, 1.54) is 5.56 Å². The van der Waals surface area contributed by atoms with Crippen LogP contribution in [0.15, 0.2) is 24.3 Å². The highest BCUT2D eigenvalue weighted by Gasteiger charge is 2.17. The van der Waals surface area contributed by atoms with E-state index < -0.39 is 6.10 Å². The van der Waals surface area contributed by atoms with Gasteiger partial charge in [-0.05, 0) is 26.0 Å². The number of rotatable bonds is 5. The fourth-order valence-corrected chi connectivity index (χ4v) is 1.77. The van der Waals surface area contributed by atoms with Gasteiger partial charge in [0.05, 0.1) is 6.10 Å². The molecule has 0 aromatic heterocycles. The summed E-state index contributed by atoms with van der Waals surface area (Å²) in [5.74, 6) is 0. The third-order valence-corrected chi connectivity index (χ3v) is 2.77. The Morgan fingerprint density at radius 3 is 2.33 bits per heavy atom. The van der Waals surface area contributed by atoms with Crippen molar-refractivity contribution in [2.24, 2.45) is 0 Å². The zero-order chi connectivity index (χ0) is 11.3. The van der Waals surface area contributed by atoms with Gasteiger partial charge in [-0.1, -0.05) is 43.2 Å². The Bertz CT molecular complexity index is 281. The first-order chi connectivity index (χ1) is 7.19. The minimum Gasteiger partial charge on any atom is -0.387 e. The normalized spacial score (nSPS) is 14.9.